The summed E-state index contributed by atoms with van der Waals surface area (Å²) >= 11 is 0. The van der Waals surface area contributed by atoms with Crippen molar-refractivity contribution >= 4 is 23.4 Å². The normalized spacial score (nSPS) is 13.6. The van der Waals surface area contributed by atoms with Crippen molar-refractivity contribution in [2.45, 2.75) is 12.8 Å². The Balaban J connectivity index is 1.92. The first-order valence-corrected chi connectivity index (χ1v) is 8.44. The summed E-state index contributed by atoms with van der Waals surface area (Å²) in [6.45, 7) is 1.50. The van der Waals surface area contributed by atoms with Gasteiger partial charge in [0, 0.05) is 45.0 Å². The summed E-state index contributed by atoms with van der Waals surface area (Å²) in [5.41, 5.74) is 0.904. The van der Waals surface area contributed by atoms with Crippen LogP contribution in [0.5, 0.6) is 5.75 Å². The number of anilines is 3. The van der Waals surface area contributed by atoms with E-state index in [2.05, 4.69) is 15.3 Å². The van der Waals surface area contributed by atoms with Crippen molar-refractivity contribution in [3.05, 3.63) is 35.8 Å². The summed E-state index contributed by atoms with van der Waals surface area (Å²) in [5, 5.41) is 3.02. The van der Waals surface area contributed by atoms with Gasteiger partial charge in [0.2, 0.25) is 5.95 Å². The Labute approximate surface area is 151 Å². The second-order valence-corrected chi connectivity index (χ2v) is 6.30. The smallest absolute Gasteiger partial charge is 0.272 e. The summed E-state index contributed by atoms with van der Waals surface area (Å²) in [6, 6.07) is 6.05. The van der Waals surface area contributed by atoms with Crippen LogP contribution < -0.4 is 15.0 Å². The van der Waals surface area contributed by atoms with Crippen LogP contribution in [-0.2, 0) is 0 Å². The number of rotatable bonds is 5. The molecule has 0 unspecified atom stereocenters. The van der Waals surface area contributed by atoms with Gasteiger partial charge in [0.15, 0.2) is 11.6 Å². The summed E-state index contributed by atoms with van der Waals surface area (Å²) in [5.74, 6) is 0.442. The molecule has 26 heavy (non-hydrogen) atoms. The standard InChI is InChI=1S/C18H22FN5O2/c1-23(2)16-11-14(17(25)24-8-4-5-9-24)21-18(22-16)20-12-6-7-13(19)15(10-12)26-3/h6-7,10-11H,4-5,8-9H2,1-3H3,(H,20,21,22). The number of hydrogen-bond acceptors (Lipinski definition) is 6. The fourth-order valence-electron chi connectivity index (χ4n) is 2.78. The molecule has 0 radical (unpaired) electrons. The van der Waals surface area contributed by atoms with Crippen LogP contribution in [0.2, 0.25) is 0 Å². The maximum absolute atomic E-state index is 13.6. The van der Waals surface area contributed by atoms with Crippen molar-refractivity contribution in [3.8, 4) is 5.75 Å². The number of ether oxygens (including phenoxy) is 1. The lowest BCUT2D eigenvalue weighted by atomic mass is 10.3. The maximum Gasteiger partial charge on any atom is 0.272 e. The van der Waals surface area contributed by atoms with Crippen molar-refractivity contribution in [1.82, 2.24) is 14.9 Å². The Morgan fingerprint density at radius 3 is 2.62 bits per heavy atom. The minimum absolute atomic E-state index is 0.104. The number of amides is 1. The molecule has 7 nitrogen and oxygen atoms in total. The van der Waals surface area contributed by atoms with E-state index in [1.165, 1.54) is 19.2 Å². The molecule has 1 aromatic carbocycles. The van der Waals surface area contributed by atoms with Gasteiger partial charge in [-0.15, -0.1) is 0 Å². The molecule has 0 atom stereocenters. The van der Waals surface area contributed by atoms with E-state index in [1.807, 2.05) is 14.1 Å². The van der Waals surface area contributed by atoms with E-state index >= 15 is 0 Å². The van der Waals surface area contributed by atoms with Gasteiger partial charge in [0.05, 0.1) is 7.11 Å². The summed E-state index contributed by atoms with van der Waals surface area (Å²) in [7, 11) is 5.09. The number of halogens is 1. The Kier molecular flexibility index (Phi) is 5.20. The third-order valence-electron chi connectivity index (χ3n) is 4.19. The van der Waals surface area contributed by atoms with Crippen LogP contribution in [0.4, 0.5) is 21.8 Å². The van der Waals surface area contributed by atoms with E-state index < -0.39 is 5.82 Å². The lowest BCUT2D eigenvalue weighted by Crippen LogP contribution is -2.29. The second-order valence-electron chi connectivity index (χ2n) is 6.30. The highest BCUT2D eigenvalue weighted by molar-refractivity contribution is 5.93. The number of carbonyl (C=O) groups is 1. The zero-order chi connectivity index (χ0) is 18.7. The average Bonchev–Trinajstić information content (AvgIpc) is 3.17. The zero-order valence-corrected chi connectivity index (χ0v) is 15.1. The molecule has 2 heterocycles. The van der Waals surface area contributed by atoms with Crippen LogP contribution in [-0.4, -0.2) is 55.1 Å². The Morgan fingerprint density at radius 2 is 1.96 bits per heavy atom. The van der Waals surface area contributed by atoms with Crippen molar-refractivity contribution in [2.24, 2.45) is 0 Å². The molecule has 1 fully saturated rings. The van der Waals surface area contributed by atoms with E-state index in [1.54, 1.807) is 21.9 Å². The lowest BCUT2D eigenvalue weighted by molar-refractivity contribution is 0.0787. The van der Waals surface area contributed by atoms with Gasteiger partial charge >= 0.3 is 0 Å². The van der Waals surface area contributed by atoms with Gasteiger partial charge < -0.3 is 19.9 Å². The van der Waals surface area contributed by atoms with Gasteiger partial charge in [-0.1, -0.05) is 0 Å². The average molecular weight is 359 g/mol. The van der Waals surface area contributed by atoms with Crippen molar-refractivity contribution < 1.29 is 13.9 Å². The first-order chi connectivity index (χ1) is 12.5. The van der Waals surface area contributed by atoms with Crippen LogP contribution in [0.25, 0.3) is 0 Å². The minimum Gasteiger partial charge on any atom is -0.494 e. The van der Waals surface area contributed by atoms with Gasteiger partial charge in [0.25, 0.3) is 5.91 Å². The van der Waals surface area contributed by atoms with Crippen LogP contribution in [0.3, 0.4) is 0 Å². The fraction of sp³-hybridized carbons (Fsp3) is 0.389. The van der Waals surface area contributed by atoms with Crippen molar-refractivity contribution in [3.63, 3.8) is 0 Å². The number of aromatic nitrogens is 2. The molecule has 1 aliphatic rings. The lowest BCUT2D eigenvalue weighted by Gasteiger charge is -2.18. The van der Waals surface area contributed by atoms with Crippen molar-refractivity contribution in [1.29, 1.82) is 0 Å². The van der Waals surface area contributed by atoms with Gasteiger partial charge in [-0.25, -0.2) is 9.37 Å². The minimum atomic E-state index is -0.453. The van der Waals surface area contributed by atoms with Gasteiger partial charge in [-0.3, -0.25) is 4.79 Å². The van der Waals surface area contributed by atoms with Crippen LogP contribution >= 0.6 is 0 Å². The SMILES string of the molecule is COc1cc(Nc2nc(C(=O)N3CCCC3)cc(N(C)C)n2)ccc1F. The number of nitrogens with one attached hydrogen (secondary N) is 1. The number of nitrogens with zero attached hydrogens (tertiary/aromatic N) is 4. The highest BCUT2D eigenvalue weighted by Gasteiger charge is 2.22. The van der Waals surface area contributed by atoms with E-state index in [0.717, 1.165) is 25.9 Å². The summed E-state index contributed by atoms with van der Waals surface area (Å²) in [6.07, 6.45) is 2.02. The van der Waals surface area contributed by atoms with Crippen molar-refractivity contribution in [2.75, 3.05) is 44.5 Å². The quantitative estimate of drug-likeness (QED) is 0.885. The first kappa shape index (κ1) is 17.9. The molecular weight excluding hydrogens is 337 g/mol. The predicted octanol–water partition coefficient (Wildman–Crippen LogP) is 2.67. The Bertz CT molecular complexity index is 806. The molecule has 1 saturated heterocycles. The van der Waals surface area contributed by atoms with Crippen LogP contribution in [0.1, 0.15) is 23.3 Å². The van der Waals surface area contributed by atoms with Crippen LogP contribution in [0.15, 0.2) is 24.3 Å². The van der Waals surface area contributed by atoms with E-state index in [-0.39, 0.29) is 17.6 Å². The summed E-state index contributed by atoms with van der Waals surface area (Å²) < 4.78 is 18.6. The molecule has 0 aliphatic carbocycles. The van der Waals surface area contributed by atoms with Gasteiger partial charge in [0.1, 0.15) is 11.5 Å². The van der Waals surface area contributed by atoms with E-state index in [9.17, 15) is 9.18 Å². The van der Waals surface area contributed by atoms with Crippen LogP contribution in [0, 0.1) is 5.82 Å². The first-order valence-electron chi connectivity index (χ1n) is 8.44. The molecule has 1 N–H and O–H groups in total. The molecular formula is C18H22FN5O2. The zero-order valence-electron chi connectivity index (χ0n) is 15.1. The monoisotopic (exact) mass is 359 g/mol. The maximum atomic E-state index is 13.6. The fourth-order valence-corrected chi connectivity index (χ4v) is 2.78. The largest absolute Gasteiger partial charge is 0.494 e. The topological polar surface area (TPSA) is 70.6 Å². The number of methoxy groups -OCH3 is 1. The molecule has 8 heteroatoms. The highest BCUT2D eigenvalue weighted by Crippen LogP contribution is 2.24. The predicted molar refractivity (Wildman–Crippen MR) is 97.7 cm³/mol. The molecule has 138 valence electrons. The molecule has 0 spiro atoms. The van der Waals surface area contributed by atoms with E-state index in [0.29, 0.717) is 17.2 Å². The molecule has 1 amide bonds. The molecule has 0 saturated carbocycles. The third kappa shape index (κ3) is 3.84. The second kappa shape index (κ2) is 7.55. The van der Waals surface area contributed by atoms with E-state index in [4.69, 9.17) is 4.74 Å². The molecule has 2 aromatic rings. The number of carbonyl (C=O) groups excluding carboxylic acids is 1. The highest BCUT2D eigenvalue weighted by atomic mass is 19.1. The number of benzene rings is 1. The third-order valence-corrected chi connectivity index (χ3v) is 4.19. The Hall–Kier alpha value is -2.90. The Morgan fingerprint density at radius 1 is 1.23 bits per heavy atom. The van der Waals surface area contributed by atoms with Gasteiger partial charge in [-0.2, -0.15) is 4.98 Å². The number of hydrogen-bond donors (Lipinski definition) is 1. The summed E-state index contributed by atoms with van der Waals surface area (Å²) in [4.78, 5) is 25.1. The van der Waals surface area contributed by atoms with Gasteiger partial charge in [-0.05, 0) is 25.0 Å². The molecule has 1 aromatic heterocycles. The molecule has 3 rings (SSSR count). The molecule has 1 aliphatic heterocycles. The molecule has 0 bridgehead atoms. The number of likely N-dealkylation sites (tertiary alicyclic amines) is 1.